The van der Waals surface area contributed by atoms with Crippen molar-refractivity contribution in [1.29, 1.82) is 0 Å². The molecule has 1 aliphatic rings. The van der Waals surface area contributed by atoms with Gasteiger partial charge in [0.05, 0.1) is 38.2 Å². The van der Waals surface area contributed by atoms with Gasteiger partial charge in [-0.2, -0.15) is 0 Å². The average Bonchev–Trinajstić information content (AvgIpc) is 3.04. The van der Waals surface area contributed by atoms with Crippen molar-refractivity contribution in [3.05, 3.63) is 77.9 Å². The molecule has 11 heteroatoms. The smallest absolute Gasteiger partial charge is 0.261 e. The van der Waals surface area contributed by atoms with Crippen molar-refractivity contribution in [1.82, 2.24) is 9.80 Å². The minimum Gasteiger partial charge on any atom is -0.497 e. The van der Waals surface area contributed by atoms with Crippen LogP contribution in [0, 0.1) is 5.92 Å². The Labute approximate surface area is 254 Å². The van der Waals surface area contributed by atoms with E-state index in [1.54, 1.807) is 42.3 Å². The van der Waals surface area contributed by atoms with Gasteiger partial charge in [0.15, 0.2) is 0 Å². The average molecular weight is 612 g/mol. The van der Waals surface area contributed by atoms with Gasteiger partial charge in [-0.05, 0) is 74.1 Å². The summed E-state index contributed by atoms with van der Waals surface area (Å²) in [7, 11) is 1.28. The summed E-state index contributed by atoms with van der Waals surface area (Å²) in [6.07, 6.45) is -0.290. The third-order valence-corrected chi connectivity index (χ3v) is 9.04. The Morgan fingerprint density at radius 1 is 1.05 bits per heavy atom. The summed E-state index contributed by atoms with van der Waals surface area (Å²) in [5.74, 6) is 1.64. The van der Waals surface area contributed by atoms with Gasteiger partial charge in [0, 0.05) is 36.8 Å². The van der Waals surface area contributed by atoms with Gasteiger partial charge in [0.1, 0.15) is 23.4 Å². The van der Waals surface area contributed by atoms with Gasteiger partial charge < -0.3 is 24.2 Å². The second-order valence-electron chi connectivity index (χ2n) is 11.0. The Kier molecular flexibility index (Phi) is 10.5. The normalized spacial score (nSPS) is 18.1. The van der Waals surface area contributed by atoms with Crippen LogP contribution in [0.5, 0.6) is 17.2 Å². The van der Waals surface area contributed by atoms with Crippen molar-refractivity contribution in [2.45, 2.75) is 43.9 Å². The quantitative estimate of drug-likeness (QED) is 0.337. The molecule has 4 rings (SSSR count). The molecule has 0 bridgehead atoms. The summed E-state index contributed by atoms with van der Waals surface area (Å²) in [6.45, 7) is 5.36. The number of methoxy groups -OCH3 is 2. The molecule has 10 nitrogen and oxygen atoms in total. The topological polar surface area (TPSA) is 118 Å². The molecular formula is C32H41N3O7S. The fourth-order valence-corrected chi connectivity index (χ4v) is 6.14. The van der Waals surface area contributed by atoms with E-state index in [-0.39, 0.29) is 41.9 Å². The Hall–Kier alpha value is -3.80. The van der Waals surface area contributed by atoms with Gasteiger partial charge in [0.25, 0.3) is 10.0 Å². The molecule has 0 saturated heterocycles. The van der Waals surface area contributed by atoms with Gasteiger partial charge in [-0.1, -0.05) is 19.1 Å². The van der Waals surface area contributed by atoms with Gasteiger partial charge in [-0.15, -0.1) is 0 Å². The van der Waals surface area contributed by atoms with E-state index in [9.17, 15) is 18.3 Å². The number of ether oxygens (including phenoxy) is 3. The molecule has 232 valence electrons. The van der Waals surface area contributed by atoms with Crippen LogP contribution in [0.1, 0.15) is 25.0 Å². The fourth-order valence-electron chi connectivity index (χ4n) is 5.09. The summed E-state index contributed by atoms with van der Waals surface area (Å²) < 4.78 is 45.8. The number of carbonyl (C=O) groups is 1. The van der Waals surface area contributed by atoms with E-state index in [1.807, 2.05) is 45.2 Å². The van der Waals surface area contributed by atoms with Crippen LogP contribution < -0.4 is 18.9 Å². The Morgan fingerprint density at radius 2 is 1.67 bits per heavy atom. The molecule has 43 heavy (non-hydrogen) atoms. The molecule has 0 saturated carbocycles. The lowest BCUT2D eigenvalue weighted by Crippen LogP contribution is -2.47. The minimum atomic E-state index is -3.89. The number of benzene rings is 3. The first-order valence-electron chi connectivity index (χ1n) is 14.2. The highest BCUT2D eigenvalue weighted by molar-refractivity contribution is 7.92. The number of amides is 1. The second-order valence-corrected chi connectivity index (χ2v) is 12.7. The monoisotopic (exact) mass is 611 g/mol. The number of hydrogen-bond donors (Lipinski definition) is 2. The van der Waals surface area contributed by atoms with Crippen LogP contribution in [-0.2, 0) is 27.8 Å². The Morgan fingerprint density at radius 3 is 2.28 bits per heavy atom. The fraction of sp³-hybridized carbons (Fsp3) is 0.406. The number of likely N-dealkylation sites (N-methyl/N-ethyl adjacent to an activating group) is 1. The van der Waals surface area contributed by atoms with Crippen LogP contribution in [0.2, 0.25) is 0 Å². The summed E-state index contributed by atoms with van der Waals surface area (Å²) in [5.41, 5.74) is 2.00. The molecule has 0 unspecified atom stereocenters. The lowest BCUT2D eigenvalue weighted by molar-refractivity contribution is -0.134. The zero-order chi connectivity index (χ0) is 31.1. The molecule has 0 fully saturated rings. The molecule has 3 aromatic carbocycles. The summed E-state index contributed by atoms with van der Waals surface area (Å²) in [6, 6.07) is 18.6. The maximum atomic E-state index is 13.5. The Balaban J connectivity index is 1.60. The molecule has 0 spiro atoms. The van der Waals surface area contributed by atoms with Crippen LogP contribution in [0.3, 0.4) is 0 Å². The first-order valence-corrected chi connectivity index (χ1v) is 15.7. The maximum Gasteiger partial charge on any atom is 0.261 e. The first kappa shape index (κ1) is 32.1. The van der Waals surface area contributed by atoms with Crippen molar-refractivity contribution in [2.24, 2.45) is 5.92 Å². The molecule has 1 aliphatic heterocycles. The third kappa shape index (κ3) is 8.19. The lowest BCUT2D eigenvalue weighted by atomic mass is 10.0. The predicted molar refractivity (Wildman–Crippen MR) is 165 cm³/mol. The van der Waals surface area contributed by atoms with Gasteiger partial charge in [-0.25, -0.2) is 8.42 Å². The molecule has 0 aliphatic carbocycles. The number of aliphatic hydroxyl groups is 1. The highest BCUT2D eigenvalue weighted by atomic mass is 32.2. The number of aliphatic hydroxyl groups excluding tert-OH is 1. The van der Waals surface area contributed by atoms with E-state index in [2.05, 4.69) is 9.62 Å². The summed E-state index contributed by atoms with van der Waals surface area (Å²) in [5, 5.41) is 9.92. The van der Waals surface area contributed by atoms with Crippen molar-refractivity contribution >= 4 is 21.6 Å². The number of anilines is 1. The van der Waals surface area contributed by atoms with Crippen LogP contribution in [-0.4, -0.2) is 82.3 Å². The zero-order valence-corrected chi connectivity index (χ0v) is 26.1. The van der Waals surface area contributed by atoms with E-state index in [1.165, 1.54) is 19.2 Å². The van der Waals surface area contributed by atoms with Gasteiger partial charge in [0.2, 0.25) is 5.91 Å². The van der Waals surface area contributed by atoms with E-state index in [4.69, 9.17) is 14.2 Å². The van der Waals surface area contributed by atoms with Crippen molar-refractivity contribution in [3.8, 4) is 17.2 Å². The minimum absolute atomic E-state index is 0.00109. The number of fused-ring (bicyclic) bond motifs is 1. The number of rotatable bonds is 11. The first-order chi connectivity index (χ1) is 20.5. The number of nitrogens with one attached hydrogen (secondary N) is 1. The number of nitrogens with zero attached hydrogens (tertiary/aromatic N) is 2. The van der Waals surface area contributed by atoms with Crippen LogP contribution in [0.4, 0.5) is 5.69 Å². The van der Waals surface area contributed by atoms with Crippen molar-refractivity contribution in [3.63, 3.8) is 0 Å². The molecule has 0 aromatic heterocycles. The van der Waals surface area contributed by atoms with E-state index < -0.39 is 10.0 Å². The molecule has 2 N–H and O–H groups in total. The van der Waals surface area contributed by atoms with Crippen LogP contribution in [0.15, 0.2) is 71.6 Å². The standard InChI is InChI=1S/C32H41N3O7S/c1-22-18-35(23(2)21-36)32(37)17-25-16-26(33-43(38,39)29-13-11-28(41-5)12-14-29)8-15-30(25)42-31(22)20-34(3)19-24-6-9-27(40-4)10-7-24/h6-16,22-23,31,33,36H,17-21H2,1-5H3/t22-,23+,31-/m0/s1. The summed E-state index contributed by atoms with van der Waals surface area (Å²) >= 11 is 0. The van der Waals surface area contributed by atoms with E-state index in [0.717, 1.165) is 11.3 Å². The Bertz CT molecular complexity index is 1480. The lowest BCUT2D eigenvalue weighted by Gasteiger charge is -2.34. The van der Waals surface area contributed by atoms with Crippen molar-refractivity contribution in [2.75, 3.05) is 45.7 Å². The molecule has 1 amide bonds. The van der Waals surface area contributed by atoms with Gasteiger partial charge in [-0.3, -0.25) is 14.4 Å². The highest BCUT2D eigenvalue weighted by Gasteiger charge is 2.31. The molecule has 3 atom stereocenters. The number of sulfonamides is 1. The van der Waals surface area contributed by atoms with E-state index >= 15 is 0 Å². The molecule has 1 heterocycles. The SMILES string of the molecule is COc1ccc(CN(C)C[C@@H]2Oc3ccc(NS(=O)(=O)c4ccc(OC)cc4)cc3CC(=O)N([C@H](C)CO)C[C@@H]2C)cc1. The number of hydrogen-bond acceptors (Lipinski definition) is 8. The third-order valence-electron chi connectivity index (χ3n) is 7.64. The number of carbonyl (C=O) groups excluding carboxylic acids is 1. The molecule has 3 aromatic rings. The molecular weight excluding hydrogens is 570 g/mol. The highest BCUT2D eigenvalue weighted by Crippen LogP contribution is 2.30. The maximum absolute atomic E-state index is 13.5. The van der Waals surface area contributed by atoms with Crippen LogP contribution >= 0.6 is 0 Å². The molecule has 0 radical (unpaired) electrons. The van der Waals surface area contributed by atoms with E-state index in [0.29, 0.717) is 42.4 Å². The second kappa shape index (κ2) is 14.1. The van der Waals surface area contributed by atoms with Crippen molar-refractivity contribution < 1.29 is 32.5 Å². The van der Waals surface area contributed by atoms with Crippen LogP contribution in [0.25, 0.3) is 0 Å². The summed E-state index contributed by atoms with van der Waals surface area (Å²) in [4.78, 5) is 17.5. The van der Waals surface area contributed by atoms with Gasteiger partial charge >= 0.3 is 0 Å². The predicted octanol–water partition coefficient (Wildman–Crippen LogP) is 3.79. The zero-order valence-electron chi connectivity index (χ0n) is 25.3. The largest absolute Gasteiger partial charge is 0.497 e.